The van der Waals surface area contributed by atoms with E-state index in [2.05, 4.69) is 22.6 Å². The summed E-state index contributed by atoms with van der Waals surface area (Å²) < 4.78 is 7.47. The summed E-state index contributed by atoms with van der Waals surface area (Å²) in [6, 6.07) is 20.3. The highest BCUT2D eigenvalue weighted by Crippen LogP contribution is 2.30. The number of pyridine rings is 1. The molecule has 0 saturated carbocycles. The summed E-state index contributed by atoms with van der Waals surface area (Å²) in [7, 11) is 1.67. The summed E-state index contributed by atoms with van der Waals surface area (Å²) in [5.41, 5.74) is 3.89. The molecule has 0 spiro atoms. The van der Waals surface area contributed by atoms with E-state index in [1.54, 1.807) is 7.11 Å². The smallest absolute Gasteiger partial charge is 0.119 e. The highest BCUT2D eigenvalue weighted by atomic mass is 16.5. The van der Waals surface area contributed by atoms with Crippen molar-refractivity contribution in [2.24, 2.45) is 0 Å². The molecule has 0 aliphatic heterocycles. The molecule has 0 unspecified atom stereocenters. The molecule has 4 rings (SSSR count). The van der Waals surface area contributed by atoms with E-state index < -0.39 is 0 Å². The molecule has 0 atom stereocenters. The molecule has 0 saturated heterocycles. The van der Waals surface area contributed by atoms with Crippen molar-refractivity contribution in [1.82, 2.24) is 4.40 Å². The van der Waals surface area contributed by atoms with Crippen molar-refractivity contribution in [2.75, 3.05) is 7.11 Å². The van der Waals surface area contributed by atoms with Crippen molar-refractivity contribution in [1.29, 1.82) is 5.26 Å². The monoisotopic (exact) mass is 272 g/mol. The van der Waals surface area contributed by atoms with Crippen molar-refractivity contribution >= 4 is 27.3 Å². The maximum absolute atomic E-state index is 9.37. The van der Waals surface area contributed by atoms with Gasteiger partial charge in [0.15, 0.2) is 0 Å². The third-order valence-corrected chi connectivity index (χ3v) is 3.88. The lowest BCUT2D eigenvalue weighted by Gasteiger charge is -2.06. The normalized spacial score (nSPS) is 11.0. The molecule has 4 aromatic rings. The summed E-state index contributed by atoms with van der Waals surface area (Å²) in [4.78, 5) is 0. The summed E-state index contributed by atoms with van der Waals surface area (Å²) >= 11 is 0. The van der Waals surface area contributed by atoms with Crippen molar-refractivity contribution in [3.63, 3.8) is 0 Å². The van der Waals surface area contributed by atoms with E-state index in [9.17, 15) is 5.26 Å². The molecule has 0 aliphatic rings. The molecule has 2 aromatic carbocycles. The van der Waals surface area contributed by atoms with Crippen LogP contribution in [0.3, 0.4) is 0 Å². The van der Waals surface area contributed by atoms with Crippen molar-refractivity contribution in [3.8, 4) is 11.8 Å². The van der Waals surface area contributed by atoms with Gasteiger partial charge in [-0.3, -0.25) is 0 Å². The van der Waals surface area contributed by atoms with E-state index in [0.29, 0.717) is 5.56 Å². The second-order valence-electron chi connectivity index (χ2n) is 5.02. The van der Waals surface area contributed by atoms with Crippen LogP contribution in [0.15, 0.2) is 54.6 Å². The molecular formula is C18H12N2O. The number of ether oxygens (including phenoxy) is 1. The first-order valence-corrected chi connectivity index (χ1v) is 6.73. The molecule has 0 N–H and O–H groups in total. The van der Waals surface area contributed by atoms with E-state index in [1.165, 1.54) is 0 Å². The van der Waals surface area contributed by atoms with Crippen molar-refractivity contribution < 1.29 is 4.74 Å². The maximum atomic E-state index is 9.37. The molecule has 2 heterocycles. The van der Waals surface area contributed by atoms with Crippen LogP contribution < -0.4 is 4.74 Å². The fourth-order valence-corrected chi connectivity index (χ4v) is 2.93. The lowest BCUT2D eigenvalue weighted by Crippen LogP contribution is -1.91. The summed E-state index contributed by atoms with van der Waals surface area (Å²) in [5.74, 6) is 0.836. The van der Waals surface area contributed by atoms with Gasteiger partial charge in [-0.1, -0.05) is 18.2 Å². The Morgan fingerprint density at radius 2 is 1.86 bits per heavy atom. The standard InChI is InChI=1S/C18H12N2O/c1-21-15-6-7-17-12(10-15)8-14-9-13(11-19)16-4-2-3-5-18(16)20(14)17/h2-10H,1H3. The van der Waals surface area contributed by atoms with Gasteiger partial charge in [0.05, 0.1) is 29.8 Å². The summed E-state index contributed by atoms with van der Waals surface area (Å²) in [6.45, 7) is 0. The number of benzene rings is 2. The Balaban J connectivity index is 2.26. The molecule has 0 aliphatic carbocycles. The Bertz CT molecular complexity index is 1040. The van der Waals surface area contributed by atoms with Crippen LogP contribution in [0.5, 0.6) is 5.75 Å². The number of methoxy groups -OCH3 is 1. The first-order valence-electron chi connectivity index (χ1n) is 6.73. The SMILES string of the molecule is COc1ccc2c(c1)cc1cc(C#N)c3ccccc3n12. The van der Waals surface area contributed by atoms with Crippen LogP contribution >= 0.6 is 0 Å². The Hall–Kier alpha value is -2.99. The van der Waals surface area contributed by atoms with Gasteiger partial charge >= 0.3 is 0 Å². The van der Waals surface area contributed by atoms with Gasteiger partial charge in [0, 0.05) is 16.3 Å². The Labute approximate surface area is 121 Å². The third kappa shape index (κ3) is 1.60. The average Bonchev–Trinajstić information content (AvgIpc) is 2.91. The fourth-order valence-electron chi connectivity index (χ4n) is 2.93. The Morgan fingerprint density at radius 1 is 1.00 bits per heavy atom. The molecule has 0 fully saturated rings. The Morgan fingerprint density at radius 3 is 2.67 bits per heavy atom. The first-order chi connectivity index (χ1) is 10.3. The number of nitriles is 1. The van der Waals surface area contributed by atoms with Gasteiger partial charge in [-0.15, -0.1) is 0 Å². The van der Waals surface area contributed by atoms with E-state index in [-0.39, 0.29) is 0 Å². The lowest BCUT2D eigenvalue weighted by atomic mass is 10.1. The van der Waals surface area contributed by atoms with Crippen LogP contribution in [0.2, 0.25) is 0 Å². The van der Waals surface area contributed by atoms with Gasteiger partial charge in [-0.05, 0) is 36.4 Å². The quantitative estimate of drug-likeness (QED) is 0.522. The first kappa shape index (κ1) is 11.8. The molecule has 2 aromatic heterocycles. The van der Waals surface area contributed by atoms with Crippen LogP contribution in [-0.4, -0.2) is 11.5 Å². The van der Waals surface area contributed by atoms with E-state index in [1.807, 2.05) is 42.5 Å². The zero-order valence-electron chi connectivity index (χ0n) is 11.5. The number of nitrogens with zero attached hydrogens (tertiary/aromatic N) is 2. The predicted molar refractivity (Wildman–Crippen MR) is 83.7 cm³/mol. The number of para-hydroxylation sites is 1. The molecular weight excluding hydrogens is 260 g/mol. The van der Waals surface area contributed by atoms with Crippen LogP contribution in [0.25, 0.3) is 27.3 Å². The predicted octanol–water partition coefficient (Wildman–Crippen LogP) is 4.13. The fraction of sp³-hybridized carbons (Fsp3) is 0.0556. The molecule has 0 bridgehead atoms. The number of hydrogen-bond acceptors (Lipinski definition) is 2. The maximum Gasteiger partial charge on any atom is 0.119 e. The zero-order valence-corrected chi connectivity index (χ0v) is 11.5. The number of aromatic nitrogens is 1. The zero-order chi connectivity index (χ0) is 14.4. The third-order valence-electron chi connectivity index (χ3n) is 3.88. The minimum absolute atomic E-state index is 0.702. The van der Waals surface area contributed by atoms with Crippen LogP contribution in [0, 0.1) is 11.3 Å². The highest BCUT2D eigenvalue weighted by Gasteiger charge is 2.10. The van der Waals surface area contributed by atoms with Crippen LogP contribution in [0.4, 0.5) is 0 Å². The second kappa shape index (κ2) is 4.26. The number of hydrogen-bond donors (Lipinski definition) is 0. The molecule has 21 heavy (non-hydrogen) atoms. The highest BCUT2D eigenvalue weighted by molar-refractivity contribution is 5.97. The van der Waals surface area contributed by atoms with Crippen molar-refractivity contribution in [2.45, 2.75) is 0 Å². The molecule has 0 radical (unpaired) electrons. The summed E-state index contributed by atoms with van der Waals surface area (Å²) in [6.07, 6.45) is 0. The van der Waals surface area contributed by atoms with Gasteiger partial charge in [-0.2, -0.15) is 5.26 Å². The van der Waals surface area contributed by atoms with Crippen LogP contribution in [-0.2, 0) is 0 Å². The minimum Gasteiger partial charge on any atom is -0.497 e. The van der Waals surface area contributed by atoms with E-state index in [0.717, 1.165) is 33.1 Å². The number of rotatable bonds is 1. The number of fused-ring (bicyclic) bond motifs is 5. The van der Waals surface area contributed by atoms with E-state index in [4.69, 9.17) is 4.74 Å². The van der Waals surface area contributed by atoms with Gasteiger partial charge in [0.1, 0.15) is 5.75 Å². The van der Waals surface area contributed by atoms with Crippen LogP contribution in [0.1, 0.15) is 5.56 Å². The van der Waals surface area contributed by atoms with Gasteiger partial charge in [-0.25, -0.2) is 0 Å². The second-order valence-corrected chi connectivity index (χ2v) is 5.02. The van der Waals surface area contributed by atoms with Crippen molar-refractivity contribution in [3.05, 3.63) is 60.2 Å². The lowest BCUT2D eigenvalue weighted by molar-refractivity contribution is 0.415. The average molecular weight is 272 g/mol. The molecule has 100 valence electrons. The van der Waals surface area contributed by atoms with Gasteiger partial charge < -0.3 is 9.14 Å². The Kier molecular flexibility index (Phi) is 2.39. The molecule has 0 amide bonds. The minimum atomic E-state index is 0.702. The molecule has 3 heteroatoms. The summed E-state index contributed by atoms with van der Waals surface area (Å²) in [5, 5.41) is 11.5. The largest absolute Gasteiger partial charge is 0.497 e. The van der Waals surface area contributed by atoms with Gasteiger partial charge in [0.25, 0.3) is 0 Å². The van der Waals surface area contributed by atoms with E-state index >= 15 is 0 Å². The topological polar surface area (TPSA) is 37.4 Å². The van der Waals surface area contributed by atoms with Gasteiger partial charge in [0.2, 0.25) is 0 Å². The molecule has 3 nitrogen and oxygen atoms in total.